The van der Waals surface area contributed by atoms with Crippen LogP contribution in [-0.2, 0) is 9.53 Å². The van der Waals surface area contributed by atoms with Gasteiger partial charge in [-0.2, -0.15) is 0 Å². The summed E-state index contributed by atoms with van der Waals surface area (Å²) >= 11 is 0. The third-order valence-corrected chi connectivity index (χ3v) is 2.94. The minimum Gasteiger partial charge on any atom is -0.466 e. The summed E-state index contributed by atoms with van der Waals surface area (Å²) in [6, 6.07) is 12.8. The molecule has 0 N–H and O–H groups in total. The van der Waals surface area contributed by atoms with Gasteiger partial charge in [0.2, 0.25) is 0 Å². The molecule has 3 nitrogen and oxygen atoms in total. The second-order valence-electron chi connectivity index (χ2n) is 4.55. The highest BCUT2D eigenvalue weighted by atomic mass is 19.4. The number of benzene rings is 2. The molecule has 0 bridgehead atoms. The lowest BCUT2D eigenvalue weighted by atomic mass is 10.0. The van der Waals surface area contributed by atoms with E-state index >= 15 is 0 Å². The molecule has 0 saturated heterocycles. The van der Waals surface area contributed by atoms with Crippen LogP contribution in [0.1, 0.15) is 5.56 Å². The van der Waals surface area contributed by atoms with Gasteiger partial charge in [-0.15, -0.1) is 13.2 Å². The van der Waals surface area contributed by atoms with E-state index in [4.69, 9.17) is 0 Å². The maximum Gasteiger partial charge on any atom is 0.573 e. The van der Waals surface area contributed by atoms with Crippen molar-refractivity contribution in [3.8, 4) is 16.9 Å². The Bertz CT molecular complexity index is 687. The summed E-state index contributed by atoms with van der Waals surface area (Å²) in [5, 5.41) is 0. The largest absolute Gasteiger partial charge is 0.573 e. The van der Waals surface area contributed by atoms with E-state index in [1.165, 1.54) is 25.3 Å². The molecule has 0 saturated carbocycles. The third-order valence-electron chi connectivity index (χ3n) is 2.94. The second-order valence-corrected chi connectivity index (χ2v) is 4.55. The fourth-order valence-electron chi connectivity index (χ4n) is 1.87. The van der Waals surface area contributed by atoms with E-state index in [0.29, 0.717) is 0 Å². The van der Waals surface area contributed by atoms with Gasteiger partial charge < -0.3 is 9.47 Å². The minimum atomic E-state index is -4.70. The maximum absolute atomic E-state index is 12.1. The van der Waals surface area contributed by atoms with E-state index < -0.39 is 12.3 Å². The van der Waals surface area contributed by atoms with E-state index in [1.54, 1.807) is 42.5 Å². The van der Waals surface area contributed by atoms with Crippen molar-refractivity contribution in [1.82, 2.24) is 0 Å². The summed E-state index contributed by atoms with van der Waals surface area (Å²) in [6.45, 7) is 0. The molecule has 2 rings (SSSR count). The molecule has 23 heavy (non-hydrogen) atoms. The van der Waals surface area contributed by atoms with Crippen molar-refractivity contribution in [2.45, 2.75) is 6.36 Å². The first-order valence-corrected chi connectivity index (χ1v) is 6.60. The van der Waals surface area contributed by atoms with Crippen LogP contribution in [0, 0.1) is 0 Å². The Morgan fingerprint density at radius 2 is 1.48 bits per heavy atom. The third kappa shape index (κ3) is 5.18. The highest BCUT2D eigenvalue weighted by molar-refractivity contribution is 5.87. The number of hydrogen-bond donors (Lipinski definition) is 0. The summed E-state index contributed by atoms with van der Waals surface area (Å²) in [6.07, 6.45) is -1.79. The lowest BCUT2D eigenvalue weighted by Gasteiger charge is -2.09. The molecule has 0 aliphatic rings. The van der Waals surface area contributed by atoms with Gasteiger partial charge in [-0.1, -0.05) is 36.4 Å². The van der Waals surface area contributed by atoms with Gasteiger partial charge in [0.1, 0.15) is 5.75 Å². The van der Waals surface area contributed by atoms with Gasteiger partial charge in [-0.05, 0) is 34.9 Å². The molecule has 0 aliphatic heterocycles. The molecular formula is C17H13F3O3. The Morgan fingerprint density at radius 3 is 1.96 bits per heavy atom. The zero-order valence-electron chi connectivity index (χ0n) is 12.1. The van der Waals surface area contributed by atoms with E-state index in [1.807, 2.05) is 0 Å². The lowest BCUT2D eigenvalue weighted by molar-refractivity contribution is -0.274. The van der Waals surface area contributed by atoms with Crippen molar-refractivity contribution in [2.24, 2.45) is 0 Å². The van der Waals surface area contributed by atoms with Crippen LogP contribution in [0.3, 0.4) is 0 Å². The van der Waals surface area contributed by atoms with Crippen LogP contribution in [-0.4, -0.2) is 19.4 Å². The van der Waals surface area contributed by atoms with Crippen LogP contribution in [0.5, 0.6) is 5.75 Å². The van der Waals surface area contributed by atoms with E-state index in [2.05, 4.69) is 9.47 Å². The number of rotatable bonds is 4. The SMILES string of the molecule is COC(=O)C=Cc1ccc(-c2ccc(OC(F)(F)F)cc2)cc1. The molecule has 0 radical (unpaired) electrons. The average Bonchev–Trinajstić information content (AvgIpc) is 2.52. The number of halogens is 3. The molecule has 120 valence electrons. The molecule has 6 heteroatoms. The van der Waals surface area contributed by atoms with Crippen molar-refractivity contribution < 1.29 is 27.4 Å². The van der Waals surface area contributed by atoms with Crippen molar-refractivity contribution in [1.29, 1.82) is 0 Å². The van der Waals surface area contributed by atoms with Crippen LogP contribution < -0.4 is 4.74 Å². The van der Waals surface area contributed by atoms with Gasteiger partial charge >= 0.3 is 12.3 Å². The van der Waals surface area contributed by atoms with Gasteiger partial charge in [-0.3, -0.25) is 0 Å². The van der Waals surface area contributed by atoms with Crippen molar-refractivity contribution in [3.05, 3.63) is 60.2 Å². The molecule has 0 unspecified atom stereocenters. The second kappa shape index (κ2) is 7.00. The number of carbonyl (C=O) groups is 1. The van der Waals surface area contributed by atoms with Gasteiger partial charge in [0.05, 0.1) is 7.11 Å². The van der Waals surface area contributed by atoms with E-state index in [9.17, 15) is 18.0 Å². The summed E-state index contributed by atoms with van der Waals surface area (Å²) in [7, 11) is 1.29. The number of hydrogen-bond acceptors (Lipinski definition) is 3. The molecule has 0 fully saturated rings. The molecule has 0 amide bonds. The summed E-state index contributed by atoms with van der Waals surface area (Å²) in [5.41, 5.74) is 2.39. The quantitative estimate of drug-likeness (QED) is 0.617. The van der Waals surface area contributed by atoms with Crippen LogP contribution in [0.25, 0.3) is 17.2 Å². The van der Waals surface area contributed by atoms with Crippen LogP contribution in [0.2, 0.25) is 0 Å². The number of esters is 1. The van der Waals surface area contributed by atoms with Crippen LogP contribution in [0.15, 0.2) is 54.6 Å². The number of methoxy groups -OCH3 is 1. The molecule has 0 spiro atoms. The first-order chi connectivity index (χ1) is 10.9. The molecule has 0 aliphatic carbocycles. The topological polar surface area (TPSA) is 35.5 Å². The molecule has 0 atom stereocenters. The minimum absolute atomic E-state index is 0.265. The predicted octanol–water partition coefficient (Wildman–Crippen LogP) is 4.44. The standard InChI is InChI=1S/C17H13F3O3/c1-22-16(21)11-4-12-2-5-13(6-3-12)14-7-9-15(10-8-14)23-17(18,19)20/h2-11H,1H3. The van der Waals surface area contributed by atoms with Gasteiger partial charge in [0, 0.05) is 6.08 Å². The summed E-state index contributed by atoms with van der Waals surface area (Å²) in [4.78, 5) is 11.0. The lowest BCUT2D eigenvalue weighted by Crippen LogP contribution is -2.16. The zero-order valence-corrected chi connectivity index (χ0v) is 12.1. The normalized spacial score (nSPS) is 11.5. The Labute approximate surface area is 131 Å². The summed E-state index contributed by atoms with van der Waals surface area (Å²) < 4.78 is 44.6. The van der Waals surface area contributed by atoms with Crippen LogP contribution in [0.4, 0.5) is 13.2 Å². The fraction of sp³-hybridized carbons (Fsp3) is 0.118. The first kappa shape index (κ1) is 16.6. The first-order valence-electron chi connectivity index (χ1n) is 6.60. The van der Waals surface area contributed by atoms with Crippen molar-refractivity contribution in [3.63, 3.8) is 0 Å². The van der Waals surface area contributed by atoms with E-state index in [-0.39, 0.29) is 5.75 Å². The van der Waals surface area contributed by atoms with Crippen LogP contribution >= 0.6 is 0 Å². The zero-order chi connectivity index (χ0) is 16.9. The van der Waals surface area contributed by atoms with Gasteiger partial charge in [0.15, 0.2) is 0 Å². The van der Waals surface area contributed by atoms with Crippen molar-refractivity contribution in [2.75, 3.05) is 7.11 Å². The summed E-state index contributed by atoms with van der Waals surface area (Å²) in [5.74, 6) is -0.715. The number of carbonyl (C=O) groups excluding carboxylic acids is 1. The van der Waals surface area contributed by atoms with Gasteiger partial charge in [0.25, 0.3) is 0 Å². The fourth-order valence-corrected chi connectivity index (χ4v) is 1.87. The Morgan fingerprint density at radius 1 is 0.957 bits per heavy atom. The average molecular weight is 322 g/mol. The molecule has 2 aromatic carbocycles. The Balaban J connectivity index is 2.10. The predicted molar refractivity (Wildman–Crippen MR) is 79.6 cm³/mol. The highest BCUT2D eigenvalue weighted by Crippen LogP contribution is 2.26. The smallest absolute Gasteiger partial charge is 0.466 e. The molecule has 0 aromatic heterocycles. The maximum atomic E-state index is 12.1. The number of alkyl halides is 3. The number of ether oxygens (including phenoxy) is 2. The Kier molecular flexibility index (Phi) is 5.05. The monoisotopic (exact) mass is 322 g/mol. The molecule has 0 heterocycles. The molecule has 2 aromatic rings. The highest BCUT2D eigenvalue weighted by Gasteiger charge is 2.30. The Hall–Kier alpha value is -2.76. The van der Waals surface area contributed by atoms with Gasteiger partial charge in [-0.25, -0.2) is 4.79 Å². The molecular weight excluding hydrogens is 309 g/mol. The van der Waals surface area contributed by atoms with Crippen molar-refractivity contribution >= 4 is 12.0 Å². The van der Waals surface area contributed by atoms with E-state index in [0.717, 1.165) is 16.7 Å².